The van der Waals surface area contributed by atoms with Gasteiger partial charge >= 0.3 is 38.6 Å². The Morgan fingerprint density at radius 1 is 1.38 bits per heavy atom. The van der Waals surface area contributed by atoms with Crippen LogP contribution in [-0.4, -0.2) is 47.9 Å². The molecular weight excluding hydrogens is 154 g/mol. The van der Waals surface area contributed by atoms with Crippen molar-refractivity contribution in [1.82, 2.24) is 0 Å². The summed E-state index contributed by atoms with van der Waals surface area (Å²) in [6.45, 7) is 0. The van der Waals surface area contributed by atoms with Gasteiger partial charge in [0.1, 0.15) is 0 Å². The molecular formula is CH10AlNaO4Si. The van der Waals surface area contributed by atoms with Crippen molar-refractivity contribution < 1.29 is 49.8 Å². The molecule has 0 fully saturated rings. The standard InChI is InChI=1S/CH6O4Si.Al.Na.4H/c1-5-6(2,3)4;;;;;;/h2-4H,1H3;;;;;;/q;;+1;;;;-1. The molecule has 0 heterocycles. The first-order valence-electron chi connectivity index (χ1n) is 1.28. The second-order valence-electron chi connectivity index (χ2n) is 0.778. The van der Waals surface area contributed by atoms with E-state index in [-0.39, 0.29) is 48.3 Å². The summed E-state index contributed by atoms with van der Waals surface area (Å²) in [5.74, 6) is 0. The van der Waals surface area contributed by atoms with E-state index in [2.05, 4.69) is 4.43 Å². The van der Waals surface area contributed by atoms with Crippen molar-refractivity contribution in [1.29, 1.82) is 0 Å². The molecule has 0 aliphatic rings. The average molecular weight is 164 g/mol. The van der Waals surface area contributed by atoms with Gasteiger partial charge in [0.05, 0.1) is 0 Å². The molecule has 0 spiro atoms. The summed E-state index contributed by atoms with van der Waals surface area (Å²) >= 11 is 0. The Kier molecular flexibility index (Phi) is 13.7. The van der Waals surface area contributed by atoms with E-state index < -0.39 is 9.05 Å². The van der Waals surface area contributed by atoms with Gasteiger partial charge in [-0.15, -0.1) is 0 Å². The monoisotopic (exact) mass is 164 g/mol. The van der Waals surface area contributed by atoms with E-state index in [0.29, 0.717) is 0 Å². The van der Waals surface area contributed by atoms with Gasteiger partial charge in [0.2, 0.25) is 0 Å². The first-order valence-corrected chi connectivity index (χ1v) is 3.03. The van der Waals surface area contributed by atoms with Gasteiger partial charge in [-0.25, -0.2) is 0 Å². The quantitative estimate of drug-likeness (QED) is 0.337. The van der Waals surface area contributed by atoms with Crippen LogP contribution in [0, 0.1) is 0 Å². The molecule has 0 saturated heterocycles. The van der Waals surface area contributed by atoms with E-state index in [1.807, 2.05) is 0 Å². The summed E-state index contributed by atoms with van der Waals surface area (Å²) in [7, 11) is -3.11. The zero-order valence-electron chi connectivity index (χ0n) is 5.25. The van der Waals surface area contributed by atoms with E-state index in [0.717, 1.165) is 7.11 Å². The Morgan fingerprint density at radius 2 is 1.50 bits per heavy atom. The van der Waals surface area contributed by atoms with Crippen molar-refractivity contribution in [2.24, 2.45) is 0 Å². The number of hydrogen-bond acceptors (Lipinski definition) is 4. The summed E-state index contributed by atoms with van der Waals surface area (Å²) in [6, 6.07) is 0. The molecule has 46 valence electrons. The van der Waals surface area contributed by atoms with Crippen molar-refractivity contribution in [3.63, 3.8) is 0 Å². The van der Waals surface area contributed by atoms with Crippen molar-refractivity contribution in [2.75, 3.05) is 7.11 Å². The largest absolute Gasteiger partial charge is 1.00 e. The molecule has 0 saturated carbocycles. The van der Waals surface area contributed by atoms with Crippen molar-refractivity contribution >= 4 is 26.4 Å². The minimum atomic E-state index is -4.13. The molecule has 0 aliphatic carbocycles. The molecule has 7 heteroatoms. The summed E-state index contributed by atoms with van der Waals surface area (Å²) in [5.41, 5.74) is 0. The molecule has 0 atom stereocenters. The molecule has 0 unspecified atom stereocenters. The van der Waals surface area contributed by atoms with Gasteiger partial charge in [-0.05, 0) is 0 Å². The van der Waals surface area contributed by atoms with Crippen molar-refractivity contribution in [2.45, 2.75) is 0 Å². The predicted molar refractivity (Wildman–Crippen MR) is 30.5 cm³/mol. The van der Waals surface area contributed by atoms with E-state index in [1.54, 1.807) is 0 Å². The minimum absolute atomic E-state index is 0. The van der Waals surface area contributed by atoms with Crippen molar-refractivity contribution in [3.8, 4) is 0 Å². The zero-order valence-corrected chi connectivity index (χ0v) is 7.25. The third-order valence-electron chi connectivity index (χ3n) is 0.274. The first-order chi connectivity index (χ1) is 2.56. The van der Waals surface area contributed by atoms with Crippen LogP contribution in [0.4, 0.5) is 0 Å². The fourth-order valence-corrected chi connectivity index (χ4v) is 0. The van der Waals surface area contributed by atoms with Crippen LogP contribution in [0.1, 0.15) is 1.43 Å². The molecule has 0 bridgehead atoms. The summed E-state index contributed by atoms with van der Waals surface area (Å²) in [5, 5.41) is 0. The third kappa shape index (κ3) is 15.6. The fourth-order valence-electron chi connectivity index (χ4n) is 0. The van der Waals surface area contributed by atoms with Crippen LogP contribution in [0.15, 0.2) is 0 Å². The van der Waals surface area contributed by atoms with E-state index in [4.69, 9.17) is 14.4 Å². The summed E-state index contributed by atoms with van der Waals surface area (Å²) < 4.78 is 3.74. The third-order valence-corrected chi connectivity index (χ3v) is 0.822. The average Bonchev–Trinajstić information content (AvgIpc) is 1.35. The van der Waals surface area contributed by atoms with Crippen molar-refractivity contribution in [3.05, 3.63) is 0 Å². The normalized spacial score (nSPS) is 9.00. The minimum Gasteiger partial charge on any atom is -1.00 e. The molecule has 8 heavy (non-hydrogen) atoms. The maximum absolute atomic E-state index is 7.85. The molecule has 4 nitrogen and oxygen atoms in total. The van der Waals surface area contributed by atoms with Gasteiger partial charge in [0.25, 0.3) is 0 Å². The van der Waals surface area contributed by atoms with Crippen LogP contribution in [0.2, 0.25) is 0 Å². The van der Waals surface area contributed by atoms with Gasteiger partial charge < -0.3 is 20.2 Å². The molecule has 3 N–H and O–H groups in total. The molecule has 0 amide bonds. The van der Waals surface area contributed by atoms with Gasteiger partial charge in [-0.2, -0.15) is 0 Å². The van der Waals surface area contributed by atoms with Crippen LogP contribution >= 0.6 is 0 Å². The summed E-state index contributed by atoms with van der Waals surface area (Å²) in [4.78, 5) is 23.6. The van der Waals surface area contributed by atoms with Gasteiger partial charge in [-0.1, -0.05) is 0 Å². The Morgan fingerprint density at radius 3 is 1.50 bits per heavy atom. The van der Waals surface area contributed by atoms with Crippen LogP contribution in [0.5, 0.6) is 0 Å². The summed E-state index contributed by atoms with van der Waals surface area (Å²) in [6.07, 6.45) is 0. The molecule has 0 aromatic rings. The molecule has 0 aliphatic heterocycles. The maximum atomic E-state index is 7.85. The molecule has 0 radical (unpaired) electrons. The van der Waals surface area contributed by atoms with Crippen LogP contribution in [0.3, 0.4) is 0 Å². The second kappa shape index (κ2) is 6.71. The SMILES string of the molecule is CO[Si](O)(O)O.[AlH3].[H-].[Na+]. The van der Waals surface area contributed by atoms with Crippen LogP contribution in [-0.2, 0) is 4.43 Å². The molecule has 0 rings (SSSR count). The fraction of sp³-hybridized carbons (Fsp3) is 1.00. The Hall–Kier alpha value is 1.59. The molecule has 0 aromatic carbocycles. The predicted octanol–water partition coefficient (Wildman–Crippen LogP) is -6.02. The van der Waals surface area contributed by atoms with Gasteiger partial charge in [0, 0.05) is 7.11 Å². The Balaban J connectivity index is -0.0000000417. The Bertz CT molecular complexity index is 50.3. The number of rotatable bonds is 1. The van der Waals surface area contributed by atoms with E-state index in [1.165, 1.54) is 0 Å². The second-order valence-corrected chi connectivity index (χ2v) is 2.33. The van der Waals surface area contributed by atoms with Gasteiger partial charge in [-0.3, -0.25) is 0 Å². The Labute approximate surface area is 82.9 Å². The topological polar surface area (TPSA) is 69.9 Å². The zero-order chi connectivity index (χ0) is 5.21. The molecule has 0 aromatic heterocycles. The van der Waals surface area contributed by atoms with Gasteiger partial charge in [0.15, 0.2) is 17.4 Å². The maximum Gasteiger partial charge on any atom is 1.00 e. The smallest absolute Gasteiger partial charge is 1.00 e. The van der Waals surface area contributed by atoms with Crippen LogP contribution < -0.4 is 29.6 Å². The first kappa shape index (κ1) is 16.3. The number of hydrogen-bond donors (Lipinski definition) is 3. The van der Waals surface area contributed by atoms with E-state index in [9.17, 15) is 0 Å². The van der Waals surface area contributed by atoms with E-state index >= 15 is 0 Å². The van der Waals surface area contributed by atoms with Crippen LogP contribution in [0.25, 0.3) is 0 Å².